The van der Waals surface area contributed by atoms with Crippen molar-refractivity contribution >= 4 is 29.9 Å². The summed E-state index contributed by atoms with van der Waals surface area (Å²) in [4.78, 5) is 16.2. The van der Waals surface area contributed by atoms with E-state index in [0.717, 1.165) is 12.0 Å². The van der Waals surface area contributed by atoms with Crippen LogP contribution >= 0.6 is 11.6 Å². The number of hydrazone groups is 1. The summed E-state index contributed by atoms with van der Waals surface area (Å²) in [7, 11) is 0. The van der Waals surface area contributed by atoms with Crippen molar-refractivity contribution in [1.82, 2.24) is 10.4 Å². The van der Waals surface area contributed by atoms with E-state index in [2.05, 4.69) is 15.5 Å². The number of hydrogen-bond acceptors (Lipinski definition) is 5. The molecule has 0 saturated carbocycles. The van der Waals surface area contributed by atoms with Crippen molar-refractivity contribution in [2.45, 2.75) is 6.17 Å². The Hall–Kier alpha value is -1.62. The van der Waals surface area contributed by atoms with Gasteiger partial charge in [-0.2, -0.15) is 5.10 Å². The molecular formula is C8H7ClN4O. The molecular weight excluding hydrogens is 204 g/mol. The highest BCUT2D eigenvalue weighted by Crippen LogP contribution is 2.16. The molecule has 2 rings (SSSR count). The number of rotatable bonds is 2. The third kappa shape index (κ3) is 1.54. The fourth-order valence-corrected chi connectivity index (χ4v) is 1.26. The third-order valence-electron chi connectivity index (χ3n) is 1.83. The van der Waals surface area contributed by atoms with Crippen LogP contribution in [0.25, 0.3) is 0 Å². The van der Waals surface area contributed by atoms with Gasteiger partial charge in [0.25, 0.3) is 0 Å². The Morgan fingerprint density at radius 3 is 3.07 bits per heavy atom. The molecule has 2 heterocycles. The molecule has 0 saturated heterocycles. The quantitative estimate of drug-likeness (QED) is 0.574. The maximum absolute atomic E-state index is 10.6. The molecule has 14 heavy (non-hydrogen) atoms. The van der Waals surface area contributed by atoms with E-state index in [0.29, 0.717) is 5.15 Å². The molecule has 1 atom stereocenters. The minimum absolute atomic E-state index is 0.417. The highest BCUT2D eigenvalue weighted by atomic mass is 35.5. The molecule has 0 aromatic carbocycles. The molecule has 1 aliphatic rings. The van der Waals surface area contributed by atoms with E-state index >= 15 is 0 Å². The zero-order valence-electron chi connectivity index (χ0n) is 7.09. The van der Waals surface area contributed by atoms with E-state index < -0.39 is 6.17 Å². The summed E-state index contributed by atoms with van der Waals surface area (Å²) < 4.78 is 0. The monoisotopic (exact) mass is 210 g/mol. The molecule has 5 nitrogen and oxygen atoms in total. The lowest BCUT2D eigenvalue weighted by molar-refractivity contribution is -0.109. The van der Waals surface area contributed by atoms with Crippen molar-refractivity contribution in [2.24, 2.45) is 5.10 Å². The van der Waals surface area contributed by atoms with E-state index in [1.54, 1.807) is 23.2 Å². The highest BCUT2D eigenvalue weighted by molar-refractivity contribution is 6.29. The van der Waals surface area contributed by atoms with Crippen LogP contribution in [0.3, 0.4) is 0 Å². The summed E-state index contributed by atoms with van der Waals surface area (Å²) in [6, 6.07) is 3.43. The second kappa shape index (κ2) is 3.63. The number of aldehydes is 1. The Labute approximate surface area is 85.4 Å². The molecule has 1 aliphatic heterocycles. The van der Waals surface area contributed by atoms with Crippen LogP contribution in [0.4, 0.5) is 5.69 Å². The number of nitrogens with zero attached hydrogens (tertiary/aromatic N) is 3. The molecule has 72 valence electrons. The van der Waals surface area contributed by atoms with Gasteiger partial charge in [-0.25, -0.2) is 4.98 Å². The zero-order chi connectivity index (χ0) is 9.97. The first kappa shape index (κ1) is 8.96. The molecule has 0 amide bonds. The van der Waals surface area contributed by atoms with Crippen molar-refractivity contribution in [2.75, 3.05) is 4.90 Å². The third-order valence-corrected chi connectivity index (χ3v) is 2.05. The van der Waals surface area contributed by atoms with Gasteiger partial charge in [-0.1, -0.05) is 11.6 Å². The van der Waals surface area contributed by atoms with Crippen molar-refractivity contribution in [3.8, 4) is 0 Å². The summed E-state index contributed by atoms with van der Waals surface area (Å²) in [6.45, 7) is 0. The minimum atomic E-state index is -0.460. The van der Waals surface area contributed by atoms with Crippen LogP contribution in [0.2, 0.25) is 5.15 Å². The topological polar surface area (TPSA) is 57.6 Å². The average Bonchev–Trinajstić information content (AvgIpc) is 2.67. The lowest BCUT2D eigenvalue weighted by Gasteiger charge is -2.18. The first-order valence-electron chi connectivity index (χ1n) is 3.95. The number of halogens is 1. The lowest BCUT2D eigenvalue weighted by Crippen LogP contribution is -2.38. The number of nitrogens with one attached hydrogen (secondary N) is 1. The molecule has 6 heteroatoms. The molecule has 0 bridgehead atoms. The second-order valence-electron chi connectivity index (χ2n) is 2.70. The van der Waals surface area contributed by atoms with Crippen molar-refractivity contribution in [1.29, 1.82) is 0 Å². The van der Waals surface area contributed by atoms with Crippen LogP contribution in [0.5, 0.6) is 0 Å². The van der Waals surface area contributed by atoms with E-state index in [-0.39, 0.29) is 0 Å². The van der Waals surface area contributed by atoms with Gasteiger partial charge < -0.3 is 4.90 Å². The summed E-state index contributed by atoms with van der Waals surface area (Å²) in [5, 5.41) is 4.19. The Kier molecular flexibility index (Phi) is 2.32. The largest absolute Gasteiger partial charge is 0.301 e. The van der Waals surface area contributed by atoms with Gasteiger partial charge in [0.05, 0.1) is 11.9 Å². The van der Waals surface area contributed by atoms with Gasteiger partial charge in [-0.05, 0) is 12.1 Å². The summed E-state index contributed by atoms with van der Waals surface area (Å²) in [5.74, 6) is 0. The first-order valence-corrected chi connectivity index (χ1v) is 4.33. The SMILES string of the molecule is O=CC1NN=CN1c1ccc(Cl)nc1. The molecule has 1 aromatic heterocycles. The van der Waals surface area contributed by atoms with E-state index in [1.807, 2.05) is 0 Å². The maximum Gasteiger partial charge on any atom is 0.176 e. The molecule has 1 unspecified atom stereocenters. The summed E-state index contributed by atoms with van der Waals surface area (Å²) in [6.07, 6.45) is 3.42. The molecule has 1 N–H and O–H groups in total. The predicted octanol–water partition coefficient (Wildman–Crippen LogP) is 0.613. The van der Waals surface area contributed by atoms with Gasteiger partial charge in [0, 0.05) is 0 Å². The van der Waals surface area contributed by atoms with Crippen LogP contribution in [-0.2, 0) is 4.79 Å². The molecule has 0 fully saturated rings. The fourth-order valence-electron chi connectivity index (χ4n) is 1.15. The molecule has 0 radical (unpaired) electrons. The second-order valence-corrected chi connectivity index (χ2v) is 3.09. The Bertz CT molecular complexity index is 364. The average molecular weight is 211 g/mol. The van der Waals surface area contributed by atoms with E-state index in [9.17, 15) is 4.79 Å². The highest BCUT2D eigenvalue weighted by Gasteiger charge is 2.20. The minimum Gasteiger partial charge on any atom is -0.301 e. The van der Waals surface area contributed by atoms with Crippen LogP contribution in [0.15, 0.2) is 23.4 Å². The Balaban J connectivity index is 2.26. The van der Waals surface area contributed by atoms with Gasteiger partial charge in [-0.15, -0.1) is 0 Å². The van der Waals surface area contributed by atoms with Gasteiger partial charge >= 0.3 is 0 Å². The zero-order valence-corrected chi connectivity index (χ0v) is 7.85. The fraction of sp³-hybridized carbons (Fsp3) is 0.125. The Morgan fingerprint density at radius 2 is 2.43 bits per heavy atom. The van der Waals surface area contributed by atoms with Gasteiger partial charge in [-0.3, -0.25) is 10.2 Å². The van der Waals surface area contributed by atoms with Crippen molar-refractivity contribution in [3.05, 3.63) is 23.5 Å². The predicted molar refractivity (Wildman–Crippen MR) is 53.2 cm³/mol. The van der Waals surface area contributed by atoms with Crippen molar-refractivity contribution in [3.63, 3.8) is 0 Å². The molecule has 0 aliphatic carbocycles. The maximum atomic E-state index is 10.6. The Morgan fingerprint density at radius 1 is 1.57 bits per heavy atom. The number of carbonyl (C=O) groups is 1. The smallest absolute Gasteiger partial charge is 0.176 e. The number of pyridine rings is 1. The van der Waals surface area contributed by atoms with Crippen LogP contribution in [0, 0.1) is 0 Å². The van der Waals surface area contributed by atoms with Gasteiger partial charge in [0.2, 0.25) is 0 Å². The number of anilines is 1. The van der Waals surface area contributed by atoms with Crippen molar-refractivity contribution < 1.29 is 4.79 Å². The van der Waals surface area contributed by atoms with Gasteiger partial charge in [0.1, 0.15) is 11.5 Å². The standard InChI is InChI=1S/C8H7ClN4O/c9-7-2-1-6(3-10-7)13-5-11-12-8(13)4-14/h1-5,8,12H. The van der Waals surface area contributed by atoms with Gasteiger partial charge in [0.15, 0.2) is 12.5 Å². The summed E-state index contributed by atoms with van der Waals surface area (Å²) in [5.41, 5.74) is 3.40. The van der Waals surface area contributed by atoms with Crippen LogP contribution < -0.4 is 10.3 Å². The van der Waals surface area contributed by atoms with Crippen LogP contribution in [0.1, 0.15) is 0 Å². The lowest BCUT2D eigenvalue weighted by atomic mass is 10.3. The van der Waals surface area contributed by atoms with E-state index in [4.69, 9.17) is 11.6 Å². The number of aromatic nitrogens is 1. The van der Waals surface area contributed by atoms with E-state index in [1.165, 1.54) is 6.34 Å². The number of hydrogen-bond donors (Lipinski definition) is 1. The normalized spacial score (nSPS) is 19.5. The first-order chi connectivity index (χ1) is 6.81. The van der Waals surface area contributed by atoms with Crippen LogP contribution in [-0.4, -0.2) is 23.8 Å². The number of carbonyl (C=O) groups excluding carboxylic acids is 1. The molecule has 0 spiro atoms. The summed E-state index contributed by atoms with van der Waals surface area (Å²) >= 11 is 5.64. The molecule has 1 aromatic rings.